The van der Waals surface area contributed by atoms with Crippen LogP contribution in [-0.2, 0) is 0 Å². The Hall–Kier alpha value is -2.02. The molecule has 3 aromatic heterocycles. The van der Waals surface area contributed by atoms with Crippen LogP contribution in [0.2, 0.25) is 0 Å². The molecule has 0 fully saturated rings. The summed E-state index contributed by atoms with van der Waals surface area (Å²) in [4.78, 5) is 4.48. The molecule has 0 aliphatic rings. The van der Waals surface area contributed by atoms with Crippen molar-refractivity contribution in [3.63, 3.8) is 0 Å². The Morgan fingerprint density at radius 1 is 1.47 bits per heavy atom. The molecule has 0 aromatic carbocycles. The maximum atomic E-state index is 4.48. The van der Waals surface area contributed by atoms with Crippen molar-refractivity contribution in [1.82, 2.24) is 24.8 Å². The Bertz CT molecular complexity index is 629. The third kappa shape index (κ3) is 1.74. The van der Waals surface area contributed by atoms with Crippen molar-refractivity contribution in [2.24, 2.45) is 0 Å². The molecule has 6 nitrogen and oxygen atoms in total. The van der Waals surface area contributed by atoms with E-state index in [4.69, 9.17) is 0 Å². The topological polar surface area (TPSA) is 70.9 Å². The summed E-state index contributed by atoms with van der Waals surface area (Å²) in [5, 5.41) is 11.1. The molecular weight excluding hydrogens is 236 g/mol. The molecule has 0 spiro atoms. The molecule has 17 heavy (non-hydrogen) atoms. The highest BCUT2D eigenvalue weighted by molar-refractivity contribution is 7.99. The molecule has 0 bridgehead atoms. The first-order chi connectivity index (χ1) is 8.38. The van der Waals surface area contributed by atoms with Gasteiger partial charge in [-0.3, -0.25) is 9.82 Å². The minimum absolute atomic E-state index is 0.581. The minimum atomic E-state index is 0.581. The zero-order valence-electron chi connectivity index (χ0n) is 9.08. The molecule has 0 saturated heterocycles. The van der Waals surface area contributed by atoms with Gasteiger partial charge in [-0.25, -0.2) is 9.50 Å². The maximum Gasteiger partial charge on any atom is 0.251 e. The Balaban J connectivity index is 2.23. The number of rotatable bonds is 3. The lowest BCUT2D eigenvalue weighted by molar-refractivity contribution is 0.920. The third-order valence-corrected chi connectivity index (χ3v) is 2.74. The second kappa shape index (κ2) is 4.10. The molecule has 0 aliphatic carbocycles. The number of nitrogens with one attached hydrogen (secondary N) is 2. The van der Waals surface area contributed by atoms with Crippen LogP contribution < -0.4 is 4.72 Å². The van der Waals surface area contributed by atoms with Crippen molar-refractivity contribution in [2.75, 3.05) is 11.0 Å². The van der Waals surface area contributed by atoms with E-state index in [2.05, 4.69) is 25.0 Å². The predicted molar refractivity (Wildman–Crippen MR) is 67.7 cm³/mol. The van der Waals surface area contributed by atoms with Crippen LogP contribution in [0.3, 0.4) is 0 Å². The summed E-state index contributed by atoms with van der Waals surface area (Å²) >= 11 is 1.46. The largest absolute Gasteiger partial charge is 0.297 e. The van der Waals surface area contributed by atoms with Gasteiger partial charge in [0.1, 0.15) is 5.69 Å². The zero-order chi connectivity index (χ0) is 11.7. The van der Waals surface area contributed by atoms with Crippen molar-refractivity contribution < 1.29 is 0 Å². The van der Waals surface area contributed by atoms with E-state index in [-0.39, 0.29) is 0 Å². The third-order valence-electron chi connectivity index (χ3n) is 2.36. The zero-order valence-corrected chi connectivity index (χ0v) is 9.90. The van der Waals surface area contributed by atoms with Gasteiger partial charge in [0.25, 0.3) is 5.95 Å². The molecule has 3 rings (SSSR count). The molecule has 86 valence electrons. The molecule has 0 aliphatic heterocycles. The number of H-pyrrole nitrogens is 1. The average molecular weight is 246 g/mol. The van der Waals surface area contributed by atoms with Crippen molar-refractivity contribution in [3.05, 3.63) is 30.7 Å². The lowest BCUT2D eigenvalue weighted by atomic mass is 10.2. The fourth-order valence-electron chi connectivity index (χ4n) is 1.66. The lowest BCUT2D eigenvalue weighted by Gasteiger charge is -2.05. The van der Waals surface area contributed by atoms with Crippen LogP contribution in [0.1, 0.15) is 0 Å². The normalized spacial score (nSPS) is 10.9. The second-order valence-corrected chi connectivity index (χ2v) is 4.03. The predicted octanol–water partition coefficient (Wildman–Crippen LogP) is 1.81. The van der Waals surface area contributed by atoms with Gasteiger partial charge in [0, 0.05) is 24.2 Å². The Labute approximate surface area is 102 Å². The summed E-state index contributed by atoms with van der Waals surface area (Å²) in [5.41, 5.74) is 2.76. The van der Waals surface area contributed by atoms with E-state index < -0.39 is 0 Å². The standard InChI is InChI=1S/C10H10N6S/c1-17-15-10-13-9(7-5-11-12-6-7)8-3-2-4-16(8)14-10/h2-6H,1H3,(H,11,12)(H,14,15). The molecule has 2 N–H and O–H groups in total. The van der Waals surface area contributed by atoms with Gasteiger partial charge in [0.2, 0.25) is 0 Å². The summed E-state index contributed by atoms with van der Waals surface area (Å²) in [6, 6.07) is 3.92. The summed E-state index contributed by atoms with van der Waals surface area (Å²) in [6.45, 7) is 0. The number of aromatic amines is 1. The molecule has 0 amide bonds. The number of nitrogens with zero attached hydrogens (tertiary/aromatic N) is 4. The molecule has 3 aromatic rings. The first kappa shape index (κ1) is 10.2. The van der Waals surface area contributed by atoms with Crippen molar-refractivity contribution in [2.45, 2.75) is 0 Å². The van der Waals surface area contributed by atoms with E-state index >= 15 is 0 Å². The lowest BCUT2D eigenvalue weighted by Crippen LogP contribution is -2.01. The molecular formula is C10H10N6S. The first-order valence-corrected chi connectivity index (χ1v) is 6.24. The summed E-state index contributed by atoms with van der Waals surface area (Å²) in [6.07, 6.45) is 7.39. The van der Waals surface area contributed by atoms with E-state index in [1.54, 1.807) is 10.7 Å². The monoisotopic (exact) mass is 246 g/mol. The minimum Gasteiger partial charge on any atom is -0.297 e. The SMILES string of the molecule is CSNc1nc(-c2cn[nH]c2)c2cccn2n1. The van der Waals surface area contributed by atoms with Crippen LogP contribution in [0, 0.1) is 0 Å². The number of anilines is 1. The van der Waals surface area contributed by atoms with Gasteiger partial charge < -0.3 is 0 Å². The van der Waals surface area contributed by atoms with E-state index in [9.17, 15) is 0 Å². The van der Waals surface area contributed by atoms with Crippen LogP contribution in [0.5, 0.6) is 0 Å². The van der Waals surface area contributed by atoms with Crippen LogP contribution >= 0.6 is 11.9 Å². The van der Waals surface area contributed by atoms with Crippen LogP contribution in [0.15, 0.2) is 30.7 Å². The van der Waals surface area contributed by atoms with Gasteiger partial charge in [-0.1, -0.05) is 11.9 Å². The first-order valence-electron chi connectivity index (χ1n) is 5.02. The fraction of sp³-hybridized carbons (Fsp3) is 0.100. The van der Waals surface area contributed by atoms with E-state index in [1.807, 2.05) is 30.8 Å². The van der Waals surface area contributed by atoms with E-state index in [0.717, 1.165) is 16.8 Å². The van der Waals surface area contributed by atoms with Gasteiger partial charge in [-0.2, -0.15) is 5.10 Å². The maximum absolute atomic E-state index is 4.48. The van der Waals surface area contributed by atoms with Gasteiger partial charge >= 0.3 is 0 Å². The van der Waals surface area contributed by atoms with Gasteiger partial charge in [-0.15, -0.1) is 5.10 Å². The molecule has 0 radical (unpaired) electrons. The van der Waals surface area contributed by atoms with E-state index in [1.165, 1.54) is 11.9 Å². The summed E-state index contributed by atoms with van der Waals surface area (Å²) in [5.74, 6) is 0.581. The number of hydrogen-bond acceptors (Lipinski definition) is 5. The highest BCUT2D eigenvalue weighted by Gasteiger charge is 2.10. The summed E-state index contributed by atoms with van der Waals surface area (Å²) < 4.78 is 4.83. The Kier molecular flexibility index (Phi) is 2.45. The smallest absolute Gasteiger partial charge is 0.251 e. The molecule has 7 heteroatoms. The molecule has 0 atom stereocenters. The second-order valence-electron chi connectivity index (χ2n) is 3.42. The van der Waals surface area contributed by atoms with E-state index in [0.29, 0.717) is 5.95 Å². The van der Waals surface area contributed by atoms with Crippen LogP contribution in [0.25, 0.3) is 16.8 Å². The summed E-state index contributed by atoms with van der Waals surface area (Å²) in [7, 11) is 0. The van der Waals surface area contributed by atoms with Crippen molar-refractivity contribution in [3.8, 4) is 11.3 Å². The molecule has 3 heterocycles. The number of hydrogen-bond donors (Lipinski definition) is 2. The van der Waals surface area contributed by atoms with Crippen molar-refractivity contribution in [1.29, 1.82) is 0 Å². The molecule has 0 saturated carbocycles. The van der Waals surface area contributed by atoms with Crippen molar-refractivity contribution >= 4 is 23.4 Å². The van der Waals surface area contributed by atoms with Crippen LogP contribution in [0.4, 0.5) is 5.95 Å². The Morgan fingerprint density at radius 3 is 3.18 bits per heavy atom. The molecule has 0 unspecified atom stereocenters. The number of fused-ring (bicyclic) bond motifs is 1. The van der Waals surface area contributed by atoms with Gasteiger partial charge in [0.15, 0.2) is 0 Å². The quantitative estimate of drug-likeness (QED) is 0.690. The highest BCUT2D eigenvalue weighted by Crippen LogP contribution is 2.22. The van der Waals surface area contributed by atoms with Gasteiger partial charge in [0.05, 0.1) is 11.7 Å². The average Bonchev–Trinajstić information content (AvgIpc) is 2.99. The van der Waals surface area contributed by atoms with Gasteiger partial charge in [-0.05, 0) is 12.1 Å². The number of aromatic nitrogens is 5. The Morgan fingerprint density at radius 2 is 2.41 bits per heavy atom. The fourth-order valence-corrected chi connectivity index (χ4v) is 1.93. The van der Waals surface area contributed by atoms with Crippen LogP contribution in [-0.4, -0.2) is 31.1 Å². The highest BCUT2D eigenvalue weighted by atomic mass is 32.2.